The zero-order valence-electron chi connectivity index (χ0n) is 18.0. The maximum absolute atomic E-state index is 6.34. The fourth-order valence-electron chi connectivity index (χ4n) is 5.44. The monoisotopic (exact) mass is 423 g/mol. The van der Waals surface area contributed by atoms with Gasteiger partial charge in [0.25, 0.3) is 0 Å². The predicted molar refractivity (Wildman–Crippen MR) is 140 cm³/mol. The summed E-state index contributed by atoms with van der Waals surface area (Å²) in [6.45, 7) is 0.451. The van der Waals surface area contributed by atoms with Gasteiger partial charge in [-0.15, -0.1) is 0 Å². The lowest BCUT2D eigenvalue weighted by molar-refractivity contribution is 0.668. The number of para-hydroxylation sites is 1. The molecule has 2 nitrogen and oxygen atoms in total. The molecule has 2 N–H and O–H groups in total. The smallest absolute Gasteiger partial charge is 0.135 e. The molecule has 1 heterocycles. The molecule has 0 radical (unpaired) electrons. The van der Waals surface area contributed by atoms with Crippen LogP contribution in [-0.4, -0.2) is 0 Å². The molecule has 33 heavy (non-hydrogen) atoms. The number of furan rings is 1. The van der Waals surface area contributed by atoms with E-state index in [4.69, 9.17) is 10.2 Å². The van der Waals surface area contributed by atoms with Crippen molar-refractivity contribution >= 4 is 54.3 Å². The van der Waals surface area contributed by atoms with Crippen LogP contribution >= 0.6 is 0 Å². The Morgan fingerprint density at radius 2 is 1.09 bits per heavy atom. The third-order valence-corrected chi connectivity index (χ3v) is 6.91. The Morgan fingerprint density at radius 3 is 1.76 bits per heavy atom. The topological polar surface area (TPSA) is 39.2 Å². The van der Waals surface area contributed by atoms with Crippen LogP contribution in [-0.2, 0) is 6.54 Å². The number of fused-ring (bicyclic) bond motifs is 9. The van der Waals surface area contributed by atoms with Crippen LogP contribution in [0.3, 0.4) is 0 Å². The highest BCUT2D eigenvalue weighted by atomic mass is 16.3. The molecule has 0 atom stereocenters. The van der Waals surface area contributed by atoms with Crippen molar-refractivity contribution in [2.75, 3.05) is 0 Å². The molecule has 0 spiro atoms. The second kappa shape index (κ2) is 6.93. The summed E-state index contributed by atoms with van der Waals surface area (Å²) in [5, 5.41) is 9.92. The fraction of sp³-hybridized carbons (Fsp3) is 0.0323. The van der Waals surface area contributed by atoms with Crippen LogP contribution in [0, 0.1) is 0 Å². The van der Waals surface area contributed by atoms with E-state index in [0.29, 0.717) is 6.54 Å². The average Bonchev–Trinajstić information content (AvgIpc) is 3.27. The summed E-state index contributed by atoms with van der Waals surface area (Å²) >= 11 is 0. The van der Waals surface area contributed by atoms with E-state index in [-0.39, 0.29) is 0 Å². The normalized spacial score (nSPS) is 11.9. The molecule has 7 aromatic rings. The minimum absolute atomic E-state index is 0.451. The van der Waals surface area contributed by atoms with Crippen molar-refractivity contribution in [1.29, 1.82) is 0 Å². The van der Waals surface area contributed by atoms with Gasteiger partial charge in [0.2, 0.25) is 0 Å². The lowest BCUT2D eigenvalue weighted by Crippen LogP contribution is -2.00. The van der Waals surface area contributed by atoms with Gasteiger partial charge in [0.1, 0.15) is 11.2 Å². The third-order valence-electron chi connectivity index (χ3n) is 6.91. The zero-order chi connectivity index (χ0) is 21.9. The van der Waals surface area contributed by atoms with Gasteiger partial charge in [-0.3, -0.25) is 0 Å². The highest BCUT2D eigenvalue weighted by Crippen LogP contribution is 2.40. The summed E-state index contributed by atoms with van der Waals surface area (Å²) in [6.07, 6.45) is 0. The summed E-state index contributed by atoms with van der Waals surface area (Å²) in [5.41, 5.74) is 11.6. The maximum atomic E-state index is 6.34. The highest BCUT2D eigenvalue weighted by molar-refractivity contribution is 6.25. The van der Waals surface area contributed by atoms with Crippen LogP contribution in [0.15, 0.2) is 108 Å². The van der Waals surface area contributed by atoms with Gasteiger partial charge >= 0.3 is 0 Å². The molecule has 1 aromatic heterocycles. The van der Waals surface area contributed by atoms with Gasteiger partial charge in [-0.1, -0.05) is 84.9 Å². The molecule has 6 aromatic carbocycles. The summed E-state index contributed by atoms with van der Waals surface area (Å²) < 4.78 is 6.11. The Labute approximate surface area is 190 Å². The van der Waals surface area contributed by atoms with Crippen molar-refractivity contribution in [2.24, 2.45) is 5.73 Å². The van der Waals surface area contributed by atoms with E-state index in [1.807, 2.05) is 12.1 Å². The minimum Gasteiger partial charge on any atom is -0.456 e. The van der Waals surface area contributed by atoms with Crippen molar-refractivity contribution in [3.63, 3.8) is 0 Å². The Bertz CT molecular complexity index is 1820. The summed E-state index contributed by atoms with van der Waals surface area (Å²) in [4.78, 5) is 0. The first-order valence-corrected chi connectivity index (χ1v) is 11.3. The maximum Gasteiger partial charge on any atom is 0.135 e. The van der Waals surface area contributed by atoms with E-state index in [2.05, 4.69) is 91.0 Å². The molecule has 0 aliphatic rings. The number of hydrogen-bond donors (Lipinski definition) is 1. The zero-order valence-corrected chi connectivity index (χ0v) is 18.0. The number of hydrogen-bond acceptors (Lipinski definition) is 2. The van der Waals surface area contributed by atoms with Crippen molar-refractivity contribution in [2.45, 2.75) is 6.54 Å². The third kappa shape index (κ3) is 2.59. The first-order valence-electron chi connectivity index (χ1n) is 11.3. The molecular weight excluding hydrogens is 402 g/mol. The van der Waals surface area contributed by atoms with Crippen LogP contribution in [0.4, 0.5) is 0 Å². The van der Waals surface area contributed by atoms with Crippen molar-refractivity contribution in [3.8, 4) is 11.1 Å². The lowest BCUT2D eigenvalue weighted by atomic mass is 9.90. The van der Waals surface area contributed by atoms with Gasteiger partial charge in [0, 0.05) is 17.3 Å². The first kappa shape index (κ1) is 18.4. The van der Waals surface area contributed by atoms with Gasteiger partial charge in [-0.2, -0.15) is 0 Å². The Morgan fingerprint density at radius 1 is 0.515 bits per heavy atom. The number of nitrogens with two attached hydrogens (primary N) is 1. The largest absolute Gasteiger partial charge is 0.456 e. The van der Waals surface area contributed by atoms with Crippen molar-refractivity contribution in [3.05, 3.63) is 109 Å². The van der Waals surface area contributed by atoms with E-state index in [0.717, 1.165) is 33.1 Å². The van der Waals surface area contributed by atoms with Crippen LogP contribution in [0.2, 0.25) is 0 Å². The molecule has 0 aliphatic heterocycles. The molecule has 0 saturated carbocycles. The van der Waals surface area contributed by atoms with Crippen LogP contribution < -0.4 is 5.73 Å². The molecule has 2 heteroatoms. The van der Waals surface area contributed by atoms with Gasteiger partial charge in [0.05, 0.1) is 0 Å². The molecular formula is C31H21NO. The van der Waals surface area contributed by atoms with Gasteiger partial charge in [-0.05, 0) is 67.2 Å². The lowest BCUT2D eigenvalue weighted by Gasteiger charge is -2.14. The van der Waals surface area contributed by atoms with Gasteiger partial charge < -0.3 is 10.2 Å². The van der Waals surface area contributed by atoms with Crippen LogP contribution in [0.1, 0.15) is 5.56 Å². The highest BCUT2D eigenvalue weighted by Gasteiger charge is 2.16. The van der Waals surface area contributed by atoms with Gasteiger partial charge in [-0.25, -0.2) is 0 Å². The number of benzene rings is 6. The molecule has 0 saturated heterocycles. The molecule has 156 valence electrons. The second-order valence-electron chi connectivity index (χ2n) is 8.62. The SMILES string of the molecule is NCc1c(-c2ccc3c4ccccc4c4ccccc4c3c2)ccc2oc3ccccc3c12. The van der Waals surface area contributed by atoms with E-state index >= 15 is 0 Å². The molecule has 0 unspecified atom stereocenters. The molecule has 0 aliphatic carbocycles. The summed E-state index contributed by atoms with van der Waals surface area (Å²) in [5.74, 6) is 0. The van der Waals surface area contributed by atoms with Crippen molar-refractivity contribution < 1.29 is 4.42 Å². The number of rotatable bonds is 2. The standard InChI is InChI=1S/C31H21NO/c32-18-28-20(15-16-30-31(28)26-11-5-6-12-29(26)33-30)19-13-14-25-23-9-2-1-7-21(23)22-8-3-4-10-24(22)27(25)17-19/h1-17H,18,32H2. The quantitative estimate of drug-likeness (QED) is 0.285. The van der Waals surface area contributed by atoms with Crippen LogP contribution in [0.25, 0.3) is 65.4 Å². The van der Waals surface area contributed by atoms with E-state index < -0.39 is 0 Å². The summed E-state index contributed by atoms with van der Waals surface area (Å²) in [7, 11) is 0. The van der Waals surface area contributed by atoms with Crippen molar-refractivity contribution in [1.82, 2.24) is 0 Å². The minimum atomic E-state index is 0.451. The van der Waals surface area contributed by atoms with E-state index in [1.54, 1.807) is 0 Å². The predicted octanol–water partition coefficient (Wildman–Crippen LogP) is 8.17. The molecule has 0 bridgehead atoms. The Hall–Kier alpha value is -4.14. The molecule has 7 rings (SSSR count). The Kier molecular flexibility index (Phi) is 3.87. The second-order valence-corrected chi connectivity index (χ2v) is 8.62. The van der Waals surface area contributed by atoms with E-state index in [1.165, 1.54) is 37.9 Å². The van der Waals surface area contributed by atoms with Crippen LogP contribution in [0.5, 0.6) is 0 Å². The molecule has 0 amide bonds. The van der Waals surface area contributed by atoms with Gasteiger partial charge in [0.15, 0.2) is 0 Å². The first-order chi connectivity index (χ1) is 16.3. The fourth-order valence-corrected chi connectivity index (χ4v) is 5.44. The molecule has 0 fully saturated rings. The average molecular weight is 424 g/mol. The Balaban J connectivity index is 1.58. The van der Waals surface area contributed by atoms with E-state index in [9.17, 15) is 0 Å². The summed E-state index contributed by atoms with van der Waals surface area (Å²) in [6, 6.07) is 36.6.